The fourth-order valence-corrected chi connectivity index (χ4v) is 2.86. The summed E-state index contributed by atoms with van der Waals surface area (Å²) in [6, 6.07) is 10.1. The van der Waals surface area contributed by atoms with Crippen molar-refractivity contribution in [2.45, 2.75) is 25.2 Å². The molecule has 0 radical (unpaired) electrons. The fourth-order valence-electron chi connectivity index (χ4n) is 2.86. The highest BCUT2D eigenvalue weighted by atomic mass is 19.4. The molecular formula is C19H15F7N4O2. The van der Waals surface area contributed by atoms with Gasteiger partial charge in [-0.15, -0.1) is 0 Å². The van der Waals surface area contributed by atoms with Crippen LogP contribution in [0.25, 0.3) is 0 Å². The topological polar surface area (TPSA) is 80.9 Å². The average Bonchev–Trinajstić information content (AvgIpc) is 2.68. The summed E-state index contributed by atoms with van der Waals surface area (Å²) in [6.45, 7) is -6.47. The van der Waals surface area contributed by atoms with Crippen molar-refractivity contribution < 1.29 is 40.2 Å². The summed E-state index contributed by atoms with van der Waals surface area (Å²) >= 11 is 0. The van der Waals surface area contributed by atoms with E-state index in [-0.39, 0.29) is 11.3 Å². The number of nitrogens with zero attached hydrogens (tertiary/aromatic N) is 1. The van der Waals surface area contributed by atoms with E-state index in [1.165, 1.54) is 36.4 Å². The van der Waals surface area contributed by atoms with Gasteiger partial charge in [-0.1, -0.05) is 24.3 Å². The van der Waals surface area contributed by atoms with Gasteiger partial charge in [-0.3, -0.25) is 5.73 Å². The smallest absolute Gasteiger partial charge is 0.421 e. The van der Waals surface area contributed by atoms with Gasteiger partial charge < -0.3 is 20.1 Å². The van der Waals surface area contributed by atoms with Crippen LogP contribution in [0.4, 0.5) is 36.4 Å². The maximum atomic E-state index is 13.6. The third-order valence-electron chi connectivity index (χ3n) is 4.16. The highest BCUT2D eigenvalue weighted by molar-refractivity contribution is 5.84. The number of hydrogen-bond acceptors (Lipinski definition) is 6. The van der Waals surface area contributed by atoms with Crippen LogP contribution in [0.5, 0.6) is 11.5 Å². The molecule has 2 aromatic rings. The van der Waals surface area contributed by atoms with E-state index in [9.17, 15) is 30.7 Å². The van der Waals surface area contributed by atoms with Crippen molar-refractivity contribution in [3.8, 4) is 11.5 Å². The number of rotatable bonds is 7. The molecule has 32 heavy (non-hydrogen) atoms. The quantitative estimate of drug-likeness (QED) is 0.526. The number of hydrogen-bond donors (Lipinski definition) is 3. The number of nitrogens with two attached hydrogens (primary N) is 1. The standard InChI is InChI=1S/C19H15F7N4O2/c20-16(21)31-13-7-3-1-5-10(13)19(27)28-9-11(18(24,25)26)15(30-19)29-12-6-2-4-8-14(12)32-17(22)23/h1-9,16-17,29-30H,27H2. The molecule has 3 rings (SSSR count). The number of nitrogens with one attached hydrogen (secondary N) is 2. The molecule has 4 N–H and O–H groups in total. The molecule has 0 aliphatic carbocycles. The lowest BCUT2D eigenvalue weighted by molar-refractivity contribution is -0.0872. The van der Waals surface area contributed by atoms with Gasteiger partial charge in [0.05, 0.1) is 11.3 Å². The lowest BCUT2D eigenvalue weighted by atomic mass is 10.0. The molecule has 2 aromatic carbocycles. The third-order valence-corrected chi connectivity index (χ3v) is 4.16. The summed E-state index contributed by atoms with van der Waals surface area (Å²) in [5.41, 5.74) is 4.33. The van der Waals surface area contributed by atoms with Gasteiger partial charge in [0, 0.05) is 6.21 Å². The molecule has 1 atom stereocenters. The Bertz CT molecular complexity index is 1030. The molecule has 0 bridgehead atoms. The number of allylic oxidation sites excluding steroid dienone is 1. The van der Waals surface area contributed by atoms with Crippen molar-refractivity contribution in [2.24, 2.45) is 10.7 Å². The van der Waals surface area contributed by atoms with E-state index in [4.69, 9.17) is 5.73 Å². The second-order valence-corrected chi connectivity index (χ2v) is 6.31. The Morgan fingerprint density at radius 2 is 1.47 bits per heavy atom. The molecule has 0 amide bonds. The number of alkyl halides is 7. The molecule has 13 heteroatoms. The predicted molar refractivity (Wildman–Crippen MR) is 100 cm³/mol. The second-order valence-electron chi connectivity index (χ2n) is 6.31. The molecule has 1 unspecified atom stereocenters. The Morgan fingerprint density at radius 1 is 0.906 bits per heavy atom. The van der Waals surface area contributed by atoms with Crippen molar-refractivity contribution >= 4 is 11.9 Å². The van der Waals surface area contributed by atoms with E-state index in [0.717, 1.165) is 12.1 Å². The minimum absolute atomic E-state index is 0.200. The first-order valence-corrected chi connectivity index (χ1v) is 8.78. The molecule has 1 aliphatic rings. The minimum atomic E-state index is -4.93. The summed E-state index contributed by atoms with van der Waals surface area (Å²) in [7, 11) is 0. The van der Waals surface area contributed by atoms with Gasteiger partial charge in [0.25, 0.3) is 0 Å². The monoisotopic (exact) mass is 464 g/mol. The number of anilines is 1. The van der Waals surface area contributed by atoms with E-state index in [1.807, 2.05) is 0 Å². The molecule has 1 aliphatic heterocycles. The molecule has 0 saturated heterocycles. The van der Waals surface area contributed by atoms with Crippen molar-refractivity contribution in [3.05, 3.63) is 65.5 Å². The molecule has 172 valence electrons. The maximum absolute atomic E-state index is 13.6. The zero-order valence-corrected chi connectivity index (χ0v) is 15.8. The normalized spacial score (nSPS) is 18.7. The van der Waals surface area contributed by atoms with E-state index in [1.54, 1.807) is 0 Å². The van der Waals surface area contributed by atoms with Gasteiger partial charge in [-0.2, -0.15) is 30.7 Å². The summed E-state index contributed by atoms with van der Waals surface area (Å²) in [5.74, 6) is -3.80. The summed E-state index contributed by atoms with van der Waals surface area (Å²) < 4.78 is 100. The maximum Gasteiger partial charge on any atom is 0.421 e. The predicted octanol–water partition coefficient (Wildman–Crippen LogP) is 4.52. The summed E-state index contributed by atoms with van der Waals surface area (Å²) in [4.78, 5) is 3.66. The Kier molecular flexibility index (Phi) is 6.48. The van der Waals surface area contributed by atoms with E-state index < -0.39 is 48.1 Å². The van der Waals surface area contributed by atoms with Crippen LogP contribution in [-0.2, 0) is 5.79 Å². The Hall–Kier alpha value is -3.48. The molecule has 0 saturated carbocycles. The Balaban J connectivity index is 2.03. The molecule has 6 nitrogen and oxygen atoms in total. The van der Waals surface area contributed by atoms with Crippen molar-refractivity contribution in [2.75, 3.05) is 5.32 Å². The van der Waals surface area contributed by atoms with Crippen molar-refractivity contribution in [1.82, 2.24) is 5.32 Å². The Morgan fingerprint density at radius 3 is 2.09 bits per heavy atom. The first-order chi connectivity index (χ1) is 15.0. The highest BCUT2D eigenvalue weighted by Gasteiger charge is 2.42. The van der Waals surface area contributed by atoms with Crippen LogP contribution in [0.15, 0.2) is 64.9 Å². The first kappa shape index (κ1) is 23.2. The van der Waals surface area contributed by atoms with E-state index in [0.29, 0.717) is 6.21 Å². The van der Waals surface area contributed by atoms with Crippen LogP contribution < -0.4 is 25.8 Å². The van der Waals surface area contributed by atoms with Crippen LogP contribution in [0.3, 0.4) is 0 Å². The third kappa shape index (κ3) is 5.22. The number of aliphatic imine (C=N–C) groups is 1. The van der Waals surface area contributed by atoms with E-state index in [2.05, 4.69) is 25.1 Å². The van der Waals surface area contributed by atoms with Gasteiger partial charge in [0.2, 0.25) is 5.79 Å². The minimum Gasteiger partial charge on any atom is -0.434 e. The molecule has 1 heterocycles. The molecule has 0 fully saturated rings. The van der Waals surface area contributed by atoms with Crippen LogP contribution >= 0.6 is 0 Å². The largest absolute Gasteiger partial charge is 0.434 e. The number of halogens is 7. The number of ether oxygens (including phenoxy) is 2. The summed E-state index contributed by atoms with van der Waals surface area (Å²) in [6.07, 6.45) is -4.54. The fraction of sp³-hybridized carbons (Fsp3) is 0.211. The molecule has 0 aromatic heterocycles. The van der Waals surface area contributed by atoms with Crippen molar-refractivity contribution in [3.63, 3.8) is 0 Å². The molecular weight excluding hydrogens is 449 g/mol. The zero-order valence-electron chi connectivity index (χ0n) is 15.8. The van der Waals surface area contributed by atoms with Gasteiger partial charge in [-0.05, 0) is 24.3 Å². The molecule has 0 spiro atoms. The van der Waals surface area contributed by atoms with Crippen LogP contribution in [0, 0.1) is 0 Å². The number of para-hydroxylation sites is 3. The van der Waals surface area contributed by atoms with E-state index >= 15 is 0 Å². The second kappa shape index (κ2) is 8.94. The highest BCUT2D eigenvalue weighted by Crippen LogP contribution is 2.36. The lowest BCUT2D eigenvalue weighted by Gasteiger charge is -2.35. The van der Waals surface area contributed by atoms with Gasteiger partial charge in [0.1, 0.15) is 22.9 Å². The Labute approximate surface area is 176 Å². The summed E-state index contributed by atoms with van der Waals surface area (Å²) in [5, 5.41) is 4.63. The van der Waals surface area contributed by atoms with Crippen LogP contribution in [0.1, 0.15) is 5.56 Å². The first-order valence-electron chi connectivity index (χ1n) is 8.78. The van der Waals surface area contributed by atoms with Crippen LogP contribution in [0.2, 0.25) is 0 Å². The zero-order chi connectivity index (χ0) is 23.5. The van der Waals surface area contributed by atoms with Gasteiger partial charge in [0.15, 0.2) is 0 Å². The van der Waals surface area contributed by atoms with Gasteiger partial charge >= 0.3 is 19.4 Å². The lowest BCUT2D eigenvalue weighted by Crippen LogP contribution is -2.53. The SMILES string of the molecule is NC1(c2ccccc2OC(F)F)N=CC(C(F)(F)F)=C(Nc2ccccc2OC(F)F)N1. The van der Waals surface area contributed by atoms with Gasteiger partial charge in [-0.25, -0.2) is 4.99 Å². The van der Waals surface area contributed by atoms with Crippen LogP contribution in [-0.4, -0.2) is 25.6 Å². The van der Waals surface area contributed by atoms with Crippen molar-refractivity contribution in [1.29, 1.82) is 0 Å². The number of benzene rings is 2. The average molecular weight is 464 g/mol.